The van der Waals surface area contributed by atoms with Crippen molar-refractivity contribution >= 4 is 7.82 Å². The van der Waals surface area contributed by atoms with Gasteiger partial charge in [-0.1, -0.05) is 60.7 Å². The zero-order chi connectivity index (χ0) is 21.7. The lowest BCUT2D eigenvalue weighted by Gasteiger charge is -2.27. The van der Waals surface area contributed by atoms with E-state index in [1.165, 1.54) is 0 Å². The second kappa shape index (κ2) is 9.71. The van der Waals surface area contributed by atoms with Crippen LogP contribution in [0.1, 0.15) is 31.9 Å². The third-order valence-corrected chi connectivity index (χ3v) is 6.10. The van der Waals surface area contributed by atoms with Crippen LogP contribution in [-0.4, -0.2) is 35.8 Å². The number of aliphatic hydroxyl groups is 1. The molecule has 2 atom stereocenters. The summed E-state index contributed by atoms with van der Waals surface area (Å²) in [6, 6.07) is 18.7. The number of rotatable bonds is 10. The quantitative estimate of drug-likeness (QED) is 0.551. The average molecular weight is 436 g/mol. The minimum Gasteiger partial charge on any atom is -0.393 e. The summed E-state index contributed by atoms with van der Waals surface area (Å²) >= 11 is 0. The minimum atomic E-state index is -3.93. The van der Waals surface area contributed by atoms with Gasteiger partial charge in [0.25, 0.3) is 0 Å². The molecule has 30 heavy (non-hydrogen) atoms. The van der Waals surface area contributed by atoms with E-state index in [0.29, 0.717) is 0 Å². The number of ether oxygens (including phenoxy) is 2. The third kappa shape index (κ3) is 6.22. The lowest BCUT2D eigenvalue weighted by Crippen LogP contribution is -2.43. The summed E-state index contributed by atoms with van der Waals surface area (Å²) < 4.78 is 41.8. The normalized spacial score (nSPS) is 23.5. The van der Waals surface area contributed by atoms with Crippen molar-refractivity contribution in [3.63, 3.8) is 0 Å². The Hall–Kier alpha value is -1.57. The number of benzene rings is 2. The first-order chi connectivity index (χ1) is 14.2. The highest BCUT2D eigenvalue weighted by molar-refractivity contribution is 7.48. The van der Waals surface area contributed by atoms with E-state index in [-0.39, 0.29) is 26.4 Å². The summed E-state index contributed by atoms with van der Waals surface area (Å²) in [5, 5.41) is 9.77. The van der Waals surface area contributed by atoms with Crippen molar-refractivity contribution in [3.05, 3.63) is 71.8 Å². The second-order valence-corrected chi connectivity index (χ2v) is 9.51. The Morgan fingerprint density at radius 3 is 1.87 bits per heavy atom. The Morgan fingerprint density at radius 1 is 0.900 bits per heavy atom. The van der Waals surface area contributed by atoms with E-state index in [2.05, 4.69) is 0 Å². The topological polar surface area (TPSA) is 83.5 Å². The fourth-order valence-electron chi connectivity index (χ4n) is 3.19. The standard InChI is InChI=1S/C22H29O7P/c1-21(2)28-20(22(3,17-23)29-21)16-27-30(24,25-14-18-10-6-4-7-11-18)26-15-19-12-8-5-9-13-19/h4-13,20,23H,14-17H2,1-3H3/t20-,22-/m1/s1. The van der Waals surface area contributed by atoms with Crippen molar-refractivity contribution in [2.24, 2.45) is 0 Å². The molecule has 2 aromatic rings. The van der Waals surface area contributed by atoms with Crippen molar-refractivity contribution in [3.8, 4) is 0 Å². The van der Waals surface area contributed by atoms with Gasteiger partial charge >= 0.3 is 7.82 Å². The summed E-state index contributed by atoms with van der Waals surface area (Å²) in [6.07, 6.45) is -0.647. The van der Waals surface area contributed by atoms with Crippen LogP contribution in [0, 0.1) is 0 Å². The van der Waals surface area contributed by atoms with Gasteiger partial charge in [-0.15, -0.1) is 0 Å². The molecule has 1 saturated heterocycles. The fourth-order valence-corrected chi connectivity index (χ4v) is 4.35. The van der Waals surface area contributed by atoms with Crippen LogP contribution in [0.15, 0.2) is 60.7 Å². The molecular weight excluding hydrogens is 407 g/mol. The first-order valence-corrected chi connectivity index (χ1v) is 11.3. The number of hydrogen-bond donors (Lipinski definition) is 1. The molecule has 164 valence electrons. The van der Waals surface area contributed by atoms with E-state index < -0.39 is 25.3 Å². The Bertz CT molecular complexity index is 796. The van der Waals surface area contributed by atoms with E-state index in [1.807, 2.05) is 60.7 Å². The SMILES string of the molecule is CC1(C)O[C@H](COP(=O)(OCc2ccccc2)OCc2ccccc2)[C@@](C)(CO)O1. The van der Waals surface area contributed by atoms with Gasteiger partial charge < -0.3 is 14.6 Å². The van der Waals surface area contributed by atoms with Gasteiger partial charge in [0.1, 0.15) is 11.7 Å². The van der Waals surface area contributed by atoms with Crippen LogP contribution >= 0.6 is 7.82 Å². The summed E-state index contributed by atoms with van der Waals surface area (Å²) in [6.45, 7) is 4.95. The van der Waals surface area contributed by atoms with Crippen molar-refractivity contribution in [2.45, 2.75) is 51.5 Å². The van der Waals surface area contributed by atoms with E-state index in [0.717, 1.165) is 11.1 Å². The van der Waals surface area contributed by atoms with Crippen molar-refractivity contribution in [2.75, 3.05) is 13.2 Å². The minimum absolute atomic E-state index is 0.0672. The maximum atomic E-state index is 13.4. The molecule has 1 aliphatic heterocycles. The van der Waals surface area contributed by atoms with Gasteiger partial charge in [-0.2, -0.15) is 0 Å². The van der Waals surface area contributed by atoms with Crippen LogP contribution in [-0.2, 0) is 40.8 Å². The Morgan fingerprint density at radius 2 is 1.40 bits per heavy atom. The molecule has 0 aromatic heterocycles. The summed E-state index contributed by atoms with van der Waals surface area (Å²) in [5.74, 6) is -0.898. The van der Waals surface area contributed by atoms with Crippen LogP contribution < -0.4 is 0 Å². The molecule has 7 nitrogen and oxygen atoms in total. The maximum Gasteiger partial charge on any atom is 0.475 e. The van der Waals surface area contributed by atoms with Gasteiger partial charge in [0, 0.05) is 0 Å². The number of phosphoric acid groups is 1. The molecule has 1 fully saturated rings. The van der Waals surface area contributed by atoms with Gasteiger partial charge in [0.05, 0.1) is 26.4 Å². The molecule has 0 radical (unpaired) electrons. The van der Waals surface area contributed by atoms with Crippen LogP contribution in [0.2, 0.25) is 0 Å². The van der Waals surface area contributed by atoms with E-state index in [1.54, 1.807) is 20.8 Å². The van der Waals surface area contributed by atoms with Crippen LogP contribution in [0.4, 0.5) is 0 Å². The molecule has 2 aromatic carbocycles. The number of phosphoric ester groups is 1. The van der Waals surface area contributed by atoms with Crippen molar-refractivity contribution in [1.82, 2.24) is 0 Å². The molecule has 0 aliphatic carbocycles. The fraction of sp³-hybridized carbons (Fsp3) is 0.455. The van der Waals surface area contributed by atoms with Crippen molar-refractivity contribution in [1.29, 1.82) is 0 Å². The highest BCUT2D eigenvalue weighted by atomic mass is 31.2. The zero-order valence-electron chi connectivity index (χ0n) is 17.5. The molecule has 0 unspecified atom stereocenters. The summed E-state index contributed by atoms with van der Waals surface area (Å²) in [5.41, 5.74) is 0.686. The predicted molar refractivity (Wildman–Crippen MR) is 112 cm³/mol. The molecular formula is C22H29O7P. The van der Waals surface area contributed by atoms with E-state index in [4.69, 9.17) is 23.0 Å². The Balaban J connectivity index is 1.69. The molecule has 1 aliphatic rings. The highest BCUT2D eigenvalue weighted by Crippen LogP contribution is 2.52. The summed E-state index contributed by atoms with van der Waals surface area (Å²) in [7, 11) is -3.93. The lowest BCUT2D eigenvalue weighted by molar-refractivity contribution is -0.166. The van der Waals surface area contributed by atoms with Gasteiger partial charge in [0.2, 0.25) is 0 Å². The predicted octanol–water partition coefficient (Wildman–Crippen LogP) is 4.45. The van der Waals surface area contributed by atoms with Gasteiger partial charge in [-0.05, 0) is 31.9 Å². The van der Waals surface area contributed by atoms with Gasteiger partial charge in [0.15, 0.2) is 5.79 Å². The molecule has 0 amide bonds. The van der Waals surface area contributed by atoms with Gasteiger partial charge in [-0.3, -0.25) is 13.6 Å². The lowest BCUT2D eigenvalue weighted by atomic mass is 10.0. The number of aliphatic hydroxyl groups excluding tert-OH is 1. The molecule has 0 saturated carbocycles. The maximum absolute atomic E-state index is 13.4. The van der Waals surface area contributed by atoms with Crippen LogP contribution in [0.3, 0.4) is 0 Å². The smallest absolute Gasteiger partial charge is 0.393 e. The van der Waals surface area contributed by atoms with E-state index >= 15 is 0 Å². The largest absolute Gasteiger partial charge is 0.475 e. The number of hydrogen-bond acceptors (Lipinski definition) is 7. The Kier molecular flexibility index (Phi) is 7.47. The van der Waals surface area contributed by atoms with Crippen LogP contribution in [0.5, 0.6) is 0 Å². The molecule has 0 spiro atoms. The molecule has 0 bridgehead atoms. The van der Waals surface area contributed by atoms with Gasteiger partial charge in [-0.25, -0.2) is 4.57 Å². The van der Waals surface area contributed by atoms with E-state index in [9.17, 15) is 9.67 Å². The second-order valence-electron chi connectivity index (χ2n) is 7.84. The molecule has 1 N–H and O–H groups in total. The molecule has 8 heteroatoms. The molecule has 1 heterocycles. The summed E-state index contributed by atoms with van der Waals surface area (Å²) in [4.78, 5) is 0. The average Bonchev–Trinajstić information content (AvgIpc) is 3.00. The van der Waals surface area contributed by atoms with Crippen molar-refractivity contribution < 1.29 is 32.7 Å². The first kappa shape index (κ1) is 23.1. The first-order valence-electron chi connectivity index (χ1n) is 9.84. The van der Waals surface area contributed by atoms with Crippen LogP contribution in [0.25, 0.3) is 0 Å². The third-order valence-electron chi connectivity index (χ3n) is 4.75. The molecule has 3 rings (SSSR count). The zero-order valence-corrected chi connectivity index (χ0v) is 18.4. The Labute approximate surface area is 177 Å². The highest BCUT2D eigenvalue weighted by Gasteiger charge is 2.50. The monoisotopic (exact) mass is 436 g/mol.